The third kappa shape index (κ3) is 4.82. The van der Waals surface area contributed by atoms with Crippen molar-refractivity contribution in [3.05, 3.63) is 65.7 Å². The smallest absolute Gasteiger partial charge is 0.238 e. The molecule has 0 fully saturated rings. The Labute approximate surface area is 140 Å². The van der Waals surface area contributed by atoms with E-state index in [1.807, 2.05) is 24.3 Å². The van der Waals surface area contributed by atoms with Gasteiger partial charge in [-0.2, -0.15) is 5.26 Å². The molecule has 0 saturated heterocycles. The lowest BCUT2D eigenvalue weighted by atomic mass is 10.1. The molecule has 120 valence electrons. The molecule has 2 rings (SSSR count). The number of nitriles is 1. The summed E-state index contributed by atoms with van der Waals surface area (Å²) in [5.41, 5.74) is 1.95. The normalized spacial score (nSPS) is 10.2. The van der Waals surface area contributed by atoms with Crippen LogP contribution in [0, 0.1) is 11.3 Å². The summed E-state index contributed by atoms with van der Waals surface area (Å²) in [7, 11) is 1.60. The predicted molar refractivity (Wildman–Crippen MR) is 91.7 cm³/mol. The standard InChI is InChI=1S/C19H16N2O3/c1-24-17-9-2-14(3-10-17)4-11-18(22)15-5-7-16(8-6-15)21-19(23)12-13-20/h2-11H,12H2,1H3,(H,21,23)/b11-4+. The first kappa shape index (κ1) is 17.0. The van der Waals surface area contributed by atoms with Crippen molar-refractivity contribution < 1.29 is 14.3 Å². The number of hydrogen-bond acceptors (Lipinski definition) is 4. The van der Waals surface area contributed by atoms with Crippen LogP contribution in [0.4, 0.5) is 5.69 Å². The van der Waals surface area contributed by atoms with Gasteiger partial charge in [-0.1, -0.05) is 18.2 Å². The monoisotopic (exact) mass is 320 g/mol. The zero-order valence-corrected chi connectivity index (χ0v) is 13.2. The predicted octanol–water partition coefficient (Wildman–Crippen LogP) is 3.44. The number of allylic oxidation sites excluding steroid dienone is 1. The van der Waals surface area contributed by atoms with Crippen LogP contribution in [0.2, 0.25) is 0 Å². The Morgan fingerprint density at radius 1 is 1.12 bits per heavy atom. The van der Waals surface area contributed by atoms with Gasteiger partial charge >= 0.3 is 0 Å². The Morgan fingerprint density at radius 2 is 1.79 bits per heavy atom. The lowest BCUT2D eigenvalue weighted by Gasteiger charge is -2.03. The number of amides is 1. The lowest BCUT2D eigenvalue weighted by molar-refractivity contribution is -0.115. The van der Waals surface area contributed by atoms with Crippen LogP contribution in [0.3, 0.4) is 0 Å². The van der Waals surface area contributed by atoms with Gasteiger partial charge in [0.25, 0.3) is 0 Å². The summed E-state index contributed by atoms with van der Waals surface area (Å²) in [6.07, 6.45) is 3.01. The third-order valence-corrected chi connectivity index (χ3v) is 3.24. The summed E-state index contributed by atoms with van der Waals surface area (Å²) in [6.45, 7) is 0. The van der Waals surface area contributed by atoms with Crippen molar-refractivity contribution in [2.24, 2.45) is 0 Å². The van der Waals surface area contributed by atoms with E-state index in [1.165, 1.54) is 6.08 Å². The summed E-state index contributed by atoms with van der Waals surface area (Å²) in [6, 6.07) is 15.6. The minimum absolute atomic E-state index is 0.138. The van der Waals surface area contributed by atoms with Crippen LogP contribution in [-0.4, -0.2) is 18.8 Å². The number of nitrogens with one attached hydrogen (secondary N) is 1. The maximum atomic E-state index is 12.1. The Morgan fingerprint density at radius 3 is 2.38 bits per heavy atom. The van der Waals surface area contributed by atoms with E-state index in [-0.39, 0.29) is 18.1 Å². The Kier molecular flexibility index (Phi) is 5.87. The molecule has 0 radical (unpaired) electrons. The van der Waals surface area contributed by atoms with E-state index in [4.69, 9.17) is 10.00 Å². The topological polar surface area (TPSA) is 79.2 Å². The lowest BCUT2D eigenvalue weighted by Crippen LogP contribution is -2.10. The first-order chi connectivity index (χ1) is 11.6. The van der Waals surface area contributed by atoms with Gasteiger partial charge in [-0.3, -0.25) is 9.59 Å². The number of ether oxygens (including phenoxy) is 1. The summed E-state index contributed by atoms with van der Waals surface area (Å²) in [4.78, 5) is 23.5. The Bertz CT molecular complexity index is 785. The van der Waals surface area contributed by atoms with E-state index in [9.17, 15) is 9.59 Å². The van der Waals surface area contributed by atoms with Crippen molar-refractivity contribution in [3.63, 3.8) is 0 Å². The highest BCUT2D eigenvalue weighted by Gasteiger charge is 2.04. The molecule has 24 heavy (non-hydrogen) atoms. The molecular formula is C19H16N2O3. The van der Waals surface area contributed by atoms with Crippen molar-refractivity contribution in [1.82, 2.24) is 0 Å². The zero-order chi connectivity index (χ0) is 17.4. The van der Waals surface area contributed by atoms with Crippen LogP contribution < -0.4 is 10.1 Å². The summed E-state index contributed by atoms with van der Waals surface area (Å²) >= 11 is 0. The number of rotatable bonds is 6. The fourth-order valence-electron chi connectivity index (χ4n) is 1.98. The maximum Gasteiger partial charge on any atom is 0.238 e. The zero-order valence-electron chi connectivity index (χ0n) is 13.2. The van der Waals surface area contributed by atoms with E-state index in [1.54, 1.807) is 43.5 Å². The van der Waals surface area contributed by atoms with E-state index in [0.29, 0.717) is 11.3 Å². The van der Waals surface area contributed by atoms with Gasteiger partial charge in [0.15, 0.2) is 5.78 Å². The fourth-order valence-corrected chi connectivity index (χ4v) is 1.98. The maximum absolute atomic E-state index is 12.1. The summed E-state index contributed by atoms with van der Waals surface area (Å²) in [5, 5.41) is 11.0. The van der Waals surface area contributed by atoms with Gasteiger partial charge in [0.05, 0.1) is 13.2 Å². The van der Waals surface area contributed by atoms with Crippen molar-refractivity contribution in [2.75, 3.05) is 12.4 Å². The first-order valence-electron chi connectivity index (χ1n) is 7.25. The van der Waals surface area contributed by atoms with E-state index >= 15 is 0 Å². The Hall–Kier alpha value is -3.39. The van der Waals surface area contributed by atoms with E-state index in [2.05, 4.69) is 5.32 Å². The molecule has 0 aliphatic carbocycles. The minimum Gasteiger partial charge on any atom is -0.497 e. The molecule has 1 N–H and O–H groups in total. The molecule has 0 aliphatic rings. The van der Waals surface area contributed by atoms with Gasteiger partial charge in [-0.05, 0) is 48.0 Å². The molecule has 2 aromatic carbocycles. The second kappa shape index (κ2) is 8.30. The number of hydrogen-bond donors (Lipinski definition) is 1. The van der Waals surface area contributed by atoms with Gasteiger partial charge < -0.3 is 10.1 Å². The minimum atomic E-state index is -0.379. The van der Waals surface area contributed by atoms with Crippen molar-refractivity contribution in [1.29, 1.82) is 5.26 Å². The first-order valence-corrected chi connectivity index (χ1v) is 7.25. The SMILES string of the molecule is COc1ccc(/C=C/C(=O)c2ccc(NC(=O)CC#N)cc2)cc1. The highest BCUT2D eigenvalue weighted by Crippen LogP contribution is 2.14. The summed E-state index contributed by atoms with van der Waals surface area (Å²) < 4.78 is 5.08. The number of benzene rings is 2. The quantitative estimate of drug-likeness (QED) is 0.653. The number of carbonyl (C=O) groups excluding carboxylic acids is 2. The molecule has 1 amide bonds. The van der Waals surface area contributed by atoms with Crippen molar-refractivity contribution >= 4 is 23.5 Å². The molecule has 0 spiro atoms. The number of ketones is 1. The second-order valence-corrected chi connectivity index (χ2v) is 4.93. The number of carbonyl (C=O) groups is 2. The van der Waals surface area contributed by atoms with Crippen LogP contribution in [0.25, 0.3) is 6.08 Å². The molecule has 2 aromatic rings. The van der Waals surface area contributed by atoms with Crippen LogP contribution in [0.5, 0.6) is 5.75 Å². The second-order valence-electron chi connectivity index (χ2n) is 4.93. The molecule has 0 atom stereocenters. The molecule has 5 heteroatoms. The molecular weight excluding hydrogens is 304 g/mol. The van der Waals surface area contributed by atoms with Crippen molar-refractivity contribution in [3.8, 4) is 11.8 Å². The molecule has 0 unspecified atom stereocenters. The molecule has 5 nitrogen and oxygen atoms in total. The van der Waals surface area contributed by atoms with Gasteiger partial charge in [-0.15, -0.1) is 0 Å². The van der Waals surface area contributed by atoms with Gasteiger partial charge in [0.2, 0.25) is 5.91 Å². The third-order valence-electron chi connectivity index (χ3n) is 3.24. The summed E-state index contributed by atoms with van der Waals surface area (Å²) in [5.74, 6) is 0.240. The molecule has 0 aliphatic heterocycles. The highest BCUT2D eigenvalue weighted by molar-refractivity contribution is 6.07. The molecule has 0 aromatic heterocycles. The number of nitrogens with zero attached hydrogens (tertiary/aromatic N) is 1. The largest absolute Gasteiger partial charge is 0.497 e. The van der Waals surface area contributed by atoms with Crippen molar-refractivity contribution in [2.45, 2.75) is 6.42 Å². The Balaban J connectivity index is 2.00. The average Bonchev–Trinajstić information content (AvgIpc) is 2.61. The average molecular weight is 320 g/mol. The molecule has 0 bridgehead atoms. The van der Waals surface area contributed by atoms with Crippen LogP contribution >= 0.6 is 0 Å². The van der Waals surface area contributed by atoms with Crippen LogP contribution in [0.1, 0.15) is 22.3 Å². The molecule has 0 saturated carbocycles. The highest BCUT2D eigenvalue weighted by atomic mass is 16.5. The molecule has 0 heterocycles. The van der Waals surface area contributed by atoms with Gasteiger partial charge in [0, 0.05) is 11.3 Å². The fraction of sp³-hybridized carbons (Fsp3) is 0.105. The number of anilines is 1. The van der Waals surface area contributed by atoms with Crippen LogP contribution in [-0.2, 0) is 4.79 Å². The van der Waals surface area contributed by atoms with E-state index in [0.717, 1.165) is 11.3 Å². The van der Waals surface area contributed by atoms with Gasteiger partial charge in [0.1, 0.15) is 12.2 Å². The van der Waals surface area contributed by atoms with Gasteiger partial charge in [-0.25, -0.2) is 0 Å². The van der Waals surface area contributed by atoms with Crippen LogP contribution in [0.15, 0.2) is 54.6 Å². The number of methoxy groups -OCH3 is 1. The van der Waals surface area contributed by atoms with E-state index < -0.39 is 0 Å².